The van der Waals surface area contributed by atoms with Gasteiger partial charge in [0.2, 0.25) is 0 Å². The van der Waals surface area contributed by atoms with E-state index in [0.717, 1.165) is 38.9 Å². The molecular weight excluding hydrogens is 763 g/mol. The Labute approximate surface area is 367 Å². The van der Waals surface area contributed by atoms with Gasteiger partial charge in [0.1, 0.15) is 0 Å². The van der Waals surface area contributed by atoms with Crippen LogP contribution >= 0.6 is 0 Å². The van der Waals surface area contributed by atoms with E-state index in [-0.39, 0.29) is 5.41 Å². The molecule has 10 aromatic carbocycles. The van der Waals surface area contributed by atoms with Gasteiger partial charge in [0, 0.05) is 22.1 Å². The summed E-state index contributed by atoms with van der Waals surface area (Å²) in [6.45, 7) is 4.66. The second-order valence-electron chi connectivity index (χ2n) is 17.2. The molecule has 3 nitrogen and oxygen atoms in total. The standard InChI is InChI=1S/C60H41N3/c1-60(2)54-22-11-10-21-50(54)51-33-32-45(37-55(51)60)39-23-27-42(28-24-39)57-61-58(63-59(62-57)47-18-12-17-44(35-47)38-13-4-3-5-14-38)43-29-25-41(26-30-43)56-49-20-9-7-16-46(49)36-53-48-19-8-6-15-40(48)31-34-52(53)56/h3-37H,1-2H3. The SMILES string of the molecule is CC1(C)c2ccccc2-c2ccc(-c3ccc(-c4nc(-c5ccc(-c6c7ccccc7cc7c6ccc6ccccc67)cc5)nc(-c5cccc(-c6ccccc6)c5)n4)cc3)cc21. The molecular formula is C60H41N3. The molecule has 0 fully saturated rings. The summed E-state index contributed by atoms with van der Waals surface area (Å²) in [5.74, 6) is 1.89. The Morgan fingerprint density at radius 1 is 0.286 bits per heavy atom. The van der Waals surface area contributed by atoms with Crippen LogP contribution in [-0.2, 0) is 5.41 Å². The highest BCUT2D eigenvalue weighted by Crippen LogP contribution is 2.49. The fourth-order valence-corrected chi connectivity index (χ4v) is 9.84. The molecule has 1 aliphatic rings. The normalized spacial score (nSPS) is 12.7. The lowest BCUT2D eigenvalue weighted by Crippen LogP contribution is -2.14. The van der Waals surface area contributed by atoms with Gasteiger partial charge in [-0.1, -0.05) is 208 Å². The molecule has 63 heavy (non-hydrogen) atoms. The number of aromatic nitrogens is 3. The largest absolute Gasteiger partial charge is 0.208 e. The Bertz CT molecular complexity index is 3570. The van der Waals surface area contributed by atoms with Crippen molar-refractivity contribution in [2.24, 2.45) is 0 Å². The zero-order chi connectivity index (χ0) is 42.1. The van der Waals surface area contributed by atoms with Crippen molar-refractivity contribution in [2.45, 2.75) is 19.3 Å². The minimum atomic E-state index is -0.0624. The van der Waals surface area contributed by atoms with Gasteiger partial charge in [-0.25, -0.2) is 15.0 Å². The average molecular weight is 804 g/mol. The molecule has 12 rings (SSSR count). The molecule has 0 aliphatic heterocycles. The highest BCUT2D eigenvalue weighted by atomic mass is 15.0. The highest BCUT2D eigenvalue weighted by Gasteiger charge is 2.35. The molecule has 0 atom stereocenters. The summed E-state index contributed by atoms with van der Waals surface area (Å²) in [6, 6.07) is 76.3. The Balaban J connectivity index is 0.957. The molecule has 1 aromatic heterocycles. The molecule has 0 N–H and O–H groups in total. The first-order valence-corrected chi connectivity index (χ1v) is 21.7. The Morgan fingerprint density at radius 3 is 1.57 bits per heavy atom. The first-order valence-electron chi connectivity index (χ1n) is 21.7. The van der Waals surface area contributed by atoms with Gasteiger partial charge in [0.15, 0.2) is 17.5 Å². The van der Waals surface area contributed by atoms with E-state index < -0.39 is 0 Å². The van der Waals surface area contributed by atoms with Crippen molar-refractivity contribution in [3.63, 3.8) is 0 Å². The summed E-state index contributed by atoms with van der Waals surface area (Å²) in [6.07, 6.45) is 0. The maximum Gasteiger partial charge on any atom is 0.164 e. The van der Waals surface area contributed by atoms with E-state index >= 15 is 0 Å². The Morgan fingerprint density at radius 2 is 0.810 bits per heavy atom. The Hall–Kier alpha value is -8.01. The first kappa shape index (κ1) is 36.8. The lowest BCUT2D eigenvalue weighted by atomic mass is 9.81. The van der Waals surface area contributed by atoms with Gasteiger partial charge in [-0.3, -0.25) is 0 Å². The summed E-state index contributed by atoms with van der Waals surface area (Å²) in [5, 5.41) is 7.45. The molecule has 0 radical (unpaired) electrons. The average Bonchev–Trinajstić information content (AvgIpc) is 3.58. The number of hydrogen-bond donors (Lipinski definition) is 0. The maximum atomic E-state index is 5.19. The van der Waals surface area contributed by atoms with E-state index in [1.54, 1.807) is 0 Å². The van der Waals surface area contributed by atoms with Gasteiger partial charge in [0.25, 0.3) is 0 Å². The third-order valence-electron chi connectivity index (χ3n) is 13.1. The van der Waals surface area contributed by atoms with Crippen molar-refractivity contribution >= 4 is 32.3 Å². The second kappa shape index (κ2) is 14.6. The first-order chi connectivity index (χ1) is 31.0. The van der Waals surface area contributed by atoms with Crippen LogP contribution in [0.5, 0.6) is 0 Å². The van der Waals surface area contributed by atoms with Gasteiger partial charge in [-0.2, -0.15) is 0 Å². The predicted octanol–water partition coefficient (Wildman–Crippen LogP) is 15.6. The van der Waals surface area contributed by atoms with Crippen LogP contribution in [0.3, 0.4) is 0 Å². The second-order valence-corrected chi connectivity index (χ2v) is 17.2. The topological polar surface area (TPSA) is 38.7 Å². The van der Waals surface area contributed by atoms with Crippen LogP contribution in [0.4, 0.5) is 0 Å². The van der Waals surface area contributed by atoms with E-state index in [1.807, 2.05) is 6.07 Å². The molecule has 11 aromatic rings. The Kier molecular flexibility index (Phi) is 8.52. The number of benzene rings is 10. The molecule has 296 valence electrons. The quantitative estimate of drug-likeness (QED) is 0.124. The summed E-state index contributed by atoms with van der Waals surface area (Å²) < 4.78 is 0. The zero-order valence-electron chi connectivity index (χ0n) is 35.0. The van der Waals surface area contributed by atoms with E-state index in [1.165, 1.54) is 65.7 Å². The molecule has 0 saturated heterocycles. The molecule has 1 heterocycles. The molecule has 0 bridgehead atoms. The lowest BCUT2D eigenvalue weighted by molar-refractivity contribution is 0.660. The molecule has 0 unspecified atom stereocenters. The van der Waals surface area contributed by atoms with E-state index in [9.17, 15) is 0 Å². The van der Waals surface area contributed by atoms with Crippen LogP contribution in [0.25, 0.3) is 111 Å². The van der Waals surface area contributed by atoms with Crippen LogP contribution in [0.1, 0.15) is 25.0 Å². The van der Waals surface area contributed by atoms with E-state index in [0.29, 0.717) is 17.5 Å². The third kappa shape index (κ3) is 6.23. The predicted molar refractivity (Wildman–Crippen MR) is 263 cm³/mol. The highest BCUT2D eigenvalue weighted by molar-refractivity contribution is 6.20. The fourth-order valence-electron chi connectivity index (χ4n) is 9.84. The van der Waals surface area contributed by atoms with Crippen molar-refractivity contribution in [3.05, 3.63) is 223 Å². The molecule has 0 saturated carbocycles. The van der Waals surface area contributed by atoms with Gasteiger partial charge in [0.05, 0.1) is 0 Å². The van der Waals surface area contributed by atoms with Gasteiger partial charge in [-0.15, -0.1) is 0 Å². The van der Waals surface area contributed by atoms with Crippen molar-refractivity contribution in [3.8, 4) is 78.7 Å². The van der Waals surface area contributed by atoms with Crippen molar-refractivity contribution < 1.29 is 0 Å². The van der Waals surface area contributed by atoms with Gasteiger partial charge in [-0.05, 0) is 106 Å². The maximum absolute atomic E-state index is 5.19. The van der Waals surface area contributed by atoms with Crippen molar-refractivity contribution in [1.82, 2.24) is 15.0 Å². The van der Waals surface area contributed by atoms with Gasteiger partial charge < -0.3 is 0 Å². The van der Waals surface area contributed by atoms with Crippen molar-refractivity contribution in [2.75, 3.05) is 0 Å². The summed E-state index contributed by atoms with van der Waals surface area (Å²) >= 11 is 0. The number of nitrogens with zero attached hydrogens (tertiary/aromatic N) is 3. The van der Waals surface area contributed by atoms with Crippen LogP contribution in [0, 0.1) is 0 Å². The van der Waals surface area contributed by atoms with E-state index in [2.05, 4.69) is 220 Å². The number of rotatable bonds is 6. The lowest BCUT2D eigenvalue weighted by Gasteiger charge is -2.22. The molecule has 0 spiro atoms. The molecule has 1 aliphatic carbocycles. The van der Waals surface area contributed by atoms with E-state index in [4.69, 9.17) is 15.0 Å². The molecule has 0 amide bonds. The smallest absolute Gasteiger partial charge is 0.164 e. The number of fused-ring (bicyclic) bond motifs is 7. The minimum Gasteiger partial charge on any atom is -0.208 e. The summed E-state index contributed by atoms with van der Waals surface area (Å²) in [7, 11) is 0. The zero-order valence-corrected chi connectivity index (χ0v) is 35.0. The monoisotopic (exact) mass is 803 g/mol. The van der Waals surface area contributed by atoms with Crippen LogP contribution < -0.4 is 0 Å². The van der Waals surface area contributed by atoms with Crippen LogP contribution in [-0.4, -0.2) is 15.0 Å². The minimum absolute atomic E-state index is 0.0624. The number of hydrogen-bond acceptors (Lipinski definition) is 3. The van der Waals surface area contributed by atoms with Crippen molar-refractivity contribution in [1.29, 1.82) is 0 Å². The fraction of sp³-hybridized carbons (Fsp3) is 0.0500. The molecule has 3 heteroatoms. The summed E-state index contributed by atoms with van der Waals surface area (Å²) in [5.41, 5.74) is 15.1. The van der Waals surface area contributed by atoms with Crippen LogP contribution in [0.15, 0.2) is 212 Å². The van der Waals surface area contributed by atoms with Gasteiger partial charge >= 0.3 is 0 Å². The van der Waals surface area contributed by atoms with Crippen LogP contribution in [0.2, 0.25) is 0 Å². The summed E-state index contributed by atoms with van der Waals surface area (Å²) in [4.78, 5) is 15.5. The third-order valence-corrected chi connectivity index (χ3v) is 13.1.